The summed E-state index contributed by atoms with van der Waals surface area (Å²) in [5, 5.41) is 5.43. The number of urea groups is 1. The van der Waals surface area contributed by atoms with Gasteiger partial charge in [0.2, 0.25) is 0 Å². The van der Waals surface area contributed by atoms with Crippen molar-refractivity contribution in [3.8, 4) is 0 Å². The number of carbonyl (C=O) groups excluding carboxylic acids is 1. The molecule has 1 fully saturated rings. The highest BCUT2D eigenvalue weighted by atomic mass is 19.1. The van der Waals surface area contributed by atoms with Crippen molar-refractivity contribution in [2.45, 2.75) is 39.5 Å². The van der Waals surface area contributed by atoms with Gasteiger partial charge in [0.05, 0.1) is 30.1 Å². The first-order valence-corrected chi connectivity index (χ1v) is 10.1. The molecule has 0 saturated carbocycles. The molecule has 0 aliphatic carbocycles. The summed E-state index contributed by atoms with van der Waals surface area (Å²) < 4.78 is 22.3. The van der Waals surface area contributed by atoms with Gasteiger partial charge >= 0.3 is 6.03 Å². The molecule has 4 rings (SSSR count). The summed E-state index contributed by atoms with van der Waals surface area (Å²) in [6, 6.07) is 8.30. The number of fused-ring (bicyclic) bond motifs is 1. The Balaban J connectivity index is 1.36. The standard InChI is InChI=1S/C22H26FN5O2/c1-14-6-7-27-13-18(25-21(27)8-14)10-24-22(29)26-17-4-5-20(19(23)9-17)28-11-15(2)30-16(3)12-28/h4-9,13,15-16H,10-12H2,1-3H3,(H2,24,26,29)/t15-,16-/m0/s1. The van der Waals surface area contributed by atoms with Crippen LogP contribution in [0, 0.1) is 12.7 Å². The summed E-state index contributed by atoms with van der Waals surface area (Å²) in [5.41, 5.74) is 3.61. The fourth-order valence-electron chi connectivity index (χ4n) is 3.78. The first kappa shape index (κ1) is 20.2. The van der Waals surface area contributed by atoms with Gasteiger partial charge in [-0.3, -0.25) is 0 Å². The van der Waals surface area contributed by atoms with Crippen molar-refractivity contribution in [2.75, 3.05) is 23.3 Å². The minimum absolute atomic E-state index is 0.0419. The minimum atomic E-state index is -0.413. The molecular weight excluding hydrogens is 385 g/mol. The van der Waals surface area contributed by atoms with Gasteiger partial charge in [-0.15, -0.1) is 0 Å². The third-order valence-corrected chi connectivity index (χ3v) is 5.06. The fraction of sp³-hybridized carbons (Fsp3) is 0.364. The number of morpholine rings is 1. The maximum absolute atomic E-state index is 14.7. The minimum Gasteiger partial charge on any atom is -0.372 e. The first-order chi connectivity index (χ1) is 14.4. The van der Waals surface area contributed by atoms with Crippen LogP contribution < -0.4 is 15.5 Å². The van der Waals surface area contributed by atoms with E-state index >= 15 is 0 Å². The quantitative estimate of drug-likeness (QED) is 0.687. The number of nitrogens with one attached hydrogen (secondary N) is 2. The summed E-state index contributed by atoms with van der Waals surface area (Å²) in [4.78, 5) is 18.7. The van der Waals surface area contributed by atoms with Crippen molar-refractivity contribution in [1.29, 1.82) is 0 Å². The third-order valence-electron chi connectivity index (χ3n) is 5.06. The highest BCUT2D eigenvalue weighted by Crippen LogP contribution is 2.26. The van der Waals surface area contributed by atoms with Crippen LogP contribution in [0.5, 0.6) is 0 Å². The van der Waals surface area contributed by atoms with E-state index in [0.717, 1.165) is 16.9 Å². The average molecular weight is 411 g/mol. The van der Waals surface area contributed by atoms with Gasteiger partial charge in [-0.25, -0.2) is 14.2 Å². The van der Waals surface area contributed by atoms with Crippen LogP contribution in [0.25, 0.3) is 5.65 Å². The van der Waals surface area contributed by atoms with E-state index in [0.29, 0.717) is 24.5 Å². The van der Waals surface area contributed by atoms with Gasteiger partial charge < -0.3 is 24.7 Å². The number of ether oxygens (including phenoxy) is 1. The number of nitrogens with zero attached hydrogens (tertiary/aromatic N) is 3. The van der Waals surface area contributed by atoms with Crippen molar-refractivity contribution in [1.82, 2.24) is 14.7 Å². The maximum atomic E-state index is 14.7. The monoisotopic (exact) mass is 411 g/mol. The Bertz CT molecular complexity index is 1060. The summed E-state index contributed by atoms with van der Waals surface area (Å²) in [6.07, 6.45) is 3.88. The SMILES string of the molecule is Cc1ccn2cc(CNC(=O)Nc3ccc(N4C[C@H](C)O[C@@H](C)C4)c(F)c3)nc2c1. The Labute approximate surface area is 174 Å². The molecule has 2 atom stereocenters. The second-order valence-corrected chi connectivity index (χ2v) is 7.84. The molecule has 2 aromatic heterocycles. The molecule has 8 heteroatoms. The Morgan fingerprint density at radius 1 is 1.23 bits per heavy atom. The Hall–Kier alpha value is -3.13. The van der Waals surface area contributed by atoms with Crippen LogP contribution in [-0.4, -0.2) is 40.7 Å². The van der Waals surface area contributed by atoms with Crippen LogP contribution in [-0.2, 0) is 11.3 Å². The number of rotatable bonds is 4. The van der Waals surface area contributed by atoms with Gasteiger partial charge in [-0.1, -0.05) is 0 Å². The smallest absolute Gasteiger partial charge is 0.319 e. The van der Waals surface area contributed by atoms with E-state index < -0.39 is 6.03 Å². The third kappa shape index (κ3) is 4.54. The molecule has 0 bridgehead atoms. The predicted molar refractivity (Wildman–Crippen MR) is 114 cm³/mol. The number of imidazole rings is 1. The molecule has 0 radical (unpaired) electrons. The molecule has 2 amide bonds. The number of anilines is 2. The van der Waals surface area contributed by atoms with E-state index in [1.807, 2.05) is 54.6 Å². The molecule has 2 N–H and O–H groups in total. The Morgan fingerprint density at radius 3 is 2.73 bits per heavy atom. The van der Waals surface area contributed by atoms with E-state index in [4.69, 9.17) is 4.74 Å². The molecule has 30 heavy (non-hydrogen) atoms. The van der Waals surface area contributed by atoms with Crippen LogP contribution in [0.2, 0.25) is 0 Å². The zero-order chi connectivity index (χ0) is 21.3. The number of benzene rings is 1. The number of amides is 2. The molecule has 1 aliphatic rings. The number of pyridine rings is 1. The fourth-order valence-corrected chi connectivity index (χ4v) is 3.78. The van der Waals surface area contributed by atoms with E-state index in [1.54, 1.807) is 12.1 Å². The molecule has 1 aromatic carbocycles. The zero-order valence-electron chi connectivity index (χ0n) is 17.4. The molecule has 7 nitrogen and oxygen atoms in total. The van der Waals surface area contributed by atoms with Crippen molar-refractivity contribution in [3.63, 3.8) is 0 Å². The highest BCUT2D eigenvalue weighted by molar-refractivity contribution is 5.89. The number of hydrogen-bond donors (Lipinski definition) is 2. The van der Waals surface area contributed by atoms with Crippen molar-refractivity contribution in [2.24, 2.45) is 0 Å². The average Bonchev–Trinajstić information content (AvgIpc) is 3.07. The van der Waals surface area contributed by atoms with Crippen LogP contribution in [0.15, 0.2) is 42.7 Å². The van der Waals surface area contributed by atoms with E-state index in [1.165, 1.54) is 6.07 Å². The molecule has 0 spiro atoms. The number of hydrogen-bond acceptors (Lipinski definition) is 4. The number of aryl methyl sites for hydroxylation is 1. The number of aromatic nitrogens is 2. The summed E-state index contributed by atoms with van der Waals surface area (Å²) >= 11 is 0. The van der Waals surface area contributed by atoms with Crippen LogP contribution in [0.3, 0.4) is 0 Å². The Morgan fingerprint density at radius 2 is 2.00 bits per heavy atom. The van der Waals surface area contributed by atoms with Gasteiger partial charge in [0.25, 0.3) is 0 Å². The lowest BCUT2D eigenvalue weighted by molar-refractivity contribution is -0.00539. The predicted octanol–water partition coefficient (Wildman–Crippen LogP) is 3.72. The second kappa shape index (κ2) is 8.31. The second-order valence-electron chi connectivity index (χ2n) is 7.84. The molecule has 3 heterocycles. The number of carbonyl (C=O) groups is 1. The summed E-state index contributed by atoms with van der Waals surface area (Å²) in [5.74, 6) is -0.371. The van der Waals surface area contributed by atoms with Crippen LogP contribution in [0.4, 0.5) is 20.6 Å². The van der Waals surface area contributed by atoms with E-state index in [2.05, 4.69) is 15.6 Å². The molecule has 1 aliphatic heterocycles. The number of halogens is 1. The largest absolute Gasteiger partial charge is 0.372 e. The van der Waals surface area contributed by atoms with Crippen molar-refractivity contribution >= 4 is 23.1 Å². The van der Waals surface area contributed by atoms with Crippen LogP contribution >= 0.6 is 0 Å². The van der Waals surface area contributed by atoms with Crippen molar-refractivity contribution < 1.29 is 13.9 Å². The summed E-state index contributed by atoms with van der Waals surface area (Å²) in [7, 11) is 0. The zero-order valence-corrected chi connectivity index (χ0v) is 17.4. The normalized spacial score (nSPS) is 19.1. The molecular formula is C22H26FN5O2. The highest BCUT2D eigenvalue weighted by Gasteiger charge is 2.24. The lowest BCUT2D eigenvalue weighted by atomic mass is 10.2. The molecule has 158 valence electrons. The van der Waals surface area contributed by atoms with Gasteiger partial charge in [0.1, 0.15) is 11.5 Å². The van der Waals surface area contributed by atoms with Gasteiger partial charge in [0.15, 0.2) is 0 Å². The Kier molecular flexibility index (Phi) is 5.59. The maximum Gasteiger partial charge on any atom is 0.319 e. The van der Waals surface area contributed by atoms with Gasteiger partial charge in [0, 0.05) is 31.2 Å². The first-order valence-electron chi connectivity index (χ1n) is 10.1. The molecule has 1 saturated heterocycles. The lowest BCUT2D eigenvalue weighted by Crippen LogP contribution is -2.45. The lowest BCUT2D eigenvalue weighted by Gasteiger charge is -2.37. The van der Waals surface area contributed by atoms with Gasteiger partial charge in [-0.05, 0) is 56.7 Å². The summed E-state index contributed by atoms with van der Waals surface area (Å²) in [6.45, 7) is 7.50. The van der Waals surface area contributed by atoms with E-state index in [-0.39, 0.29) is 24.6 Å². The van der Waals surface area contributed by atoms with E-state index in [9.17, 15) is 9.18 Å². The molecule has 0 unspecified atom stereocenters. The molecule has 3 aromatic rings. The van der Waals surface area contributed by atoms with Gasteiger partial charge in [-0.2, -0.15) is 0 Å². The van der Waals surface area contributed by atoms with Crippen LogP contribution in [0.1, 0.15) is 25.1 Å². The van der Waals surface area contributed by atoms with Crippen molar-refractivity contribution in [3.05, 3.63) is 59.8 Å². The topological polar surface area (TPSA) is 70.9 Å².